The van der Waals surface area contributed by atoms with E-state index in [2.05, 4.69) is 34.2 Å². The molecule has 1 fully saturated rings. The first-order valence-corrected chi connectivity index (χ1v) is 7.57. The number of likely N-dealkylation sites (tertiary alicyclic amines) is 1. The van der Waals surface area contributed by atoms with Crippen LogP contribution in [0.15, 0.2) is 6.20 Å². The summed E-state index contributed by atoms with van der Waals surface area (Å²) in [5.41, 5.74) is 2.13. The van der Waals surface area contributed by atoms with Crippen LogP contribution in [-0.2, 0) is 6.54 Å². The average Bonchev–Trinajstić information content (AvgIpc) is 2.45. The van der Waals surface area contributed by atoms with Crippen molar-refractivity contribution < 1.29 is 4.74 Å². The molecule has 0 aromatic carbocycles. The van der Waals surface area contributed by atoms with Crippen LogP contribution in [0.3, 0.4) is 0 Å². The number of hydrogen-bond acceptors (Lipinski definition) is 5. The predicted octanol–water partition coefficient (Wildman–Crippen LogP) is 1.76. The van der Waals surface area contributed by atoms with Gasteiger partial charge in [0.1, 0.15) is 6.61 Å². The van der Waals surface area contributed by atoms with E-state index in [1.165, 1.54) is 19.3 Å². The molecule has 0 amide bonds. The highest BCUT2D eigenvalue weighted by molar-refractivity contribution is 5.17. The number of aryl methyl sites for hydroxylation is 1. The van der Waals surface area contributed by atoms with Gasteiger partial charge in [0, 0.05) is 30.0 Å². The molecule has 20 heavy (non-hydrogen) atoms. The lowest BCUT2D eigenvalue weighted by molar-refractivity contribution is 0.119. The smallest absolute Gasteiger partial charge is 0.316 e. The second-order valence-electron chi connectivity index (χ2n) is 5.48. The third-order valence-electron chi connectivity index (χ3n) is 3.95. The summed E-state index contributed by atoms with van der Waals surface area (Å²) in [4.78, 5) is 11.1. The summed E-state index contributed by atoms with van der Waals surface area (Å²) in [5, 5.41) is 3.29. The van der Waals surface area contributed by atoms with Crippen LogP contribution in [0.25, 0.3) is 0 Å². The molecular weight excluding hydrogens is 252 g/mol. The Morgan fingerprint density at radius 1 is 1.45 bits per heavy atom. The van der Waals surface area contributed by atoms with Crippen LogP contribution < -0.4 is 10.1 Å². The Kier molecular flexibility index (Phi) is 5.73. The number of nitrogens with zero attached hydrogens (tertiary/aromatic N) is 3. The average molecular weight is 278 g/mol. The summed E-state index contributed by atoms with van der Waals surface area (Å²) in [5.74, 6) is 0. The number of nitrogens with one attached hydrogen (secondary N) is 1. The van der Waals surface area contributed by atoms with Crippen molar-refractivity contribution in [2.75, 3.05) is 26.7 Å². The molecule has 0 radical (unpaired) electrons. The van der Waals surface area contributed by atoms with Crippen LogP contribution in [0.2, 0.25) is 0 Å². The standard InChI is InChI=1S/C15H26N4O/c1-4-16-9-13-10-17-15(18-12(13)2)20-11-14-7-5-6-8-19(14)3/h10,14,16H,4-9,11H2,1-3H3. The van der Waals surface area contributed by atoms with Gasteiger partial charge in [-0.2, -0.15) is 0 Å². The molecule has 1 saturated heterocycles. The summed E-state index contributed by atoms with van der Waals surface area (Å²) < 4.78 is 5.77. The van der Waals surface area contributed by atoms with Gasteiger partial charge < -0.3 is 15.0 Å². The molecule has 2 rings (SSSR count). The van der Waals surface area contributed by atoms with E-state index in [0.717, 1.165) is 30.9 Å². The fraction of sp³-hybridized carbons (Fsp3) is 0.733. The van der Waals surface area contributed by atoms with Crippen LogP contribution in [0.1, 0.15) is 37.4 Å². The van der Waals surface area contributed by atoms with E-state index in [1.54, 1.807) is 0 Å². The van der Waals surface area contributed by atoms with Crippen molar-refractivity contribution in [1.82, 2.24) is 20.2 Å². The molecule has 5 nitrogen and oxygen atoms in total. The first-order valence-electron chi connectivity index (χ1n) is 7.57. The summed E-state index contributed by atoms with van der Waals surface area (Å²) in [7, 11) is 2.17. The first-order chi connectivity index (χ1) is 9.70. The highest BCUT2D eigenvalue weighted by Crippen LogP contribution is 2.16. The normalized spacial score (nSPS) is 20.1. The summed E-state index contributed by atoms with van der Waals surface area (Å²) in [6, 6.07) is 0.996. The van der Waals surface area contributed by atoms with Crippen molar-refractivity contribution in [1.29, 1.82) is 0 Å². The van der Waals surface area contributed by atoms with Crippen molar-refractivity contribution in [3.63, 3.8) is 0 Å². The van der Waals surface area contributed by atoms with Crippen molar-refractivity contribution in [2.24, 2.45) is 0 Å². The predicted molar refractivity (Wildman–Crippen MR) is 79.9 cm³/mol. The van der Waals surface area contributed by atoms with Crippen molar-refractivity contribution in [2.45, 2.75) is 45.7 Å². The van der Waals surface area contributed by atoms with Crippen LogP contribution in [0.4, 0.5) is 0 Å². The van der Waals surface area contributed by atoms with Crippen molar-refractivity contribution >= 4 is 0 Å². The largest absolute Gasteiger partial charge is 0.462 e. The molecule has 112 valence electrons. The zero-order valence-corrected chi connectivity index (χ0v) is 12.9. The number of likely N-dealkylation sites (N-methyl/N-ethyl adjacent to an activating group) is 1. The molecule has 0 bridgehead atoms. The maximum absolute atomic E-state index is 5.77. The minimum Gasteiger partial charge on any atom is -0.462 e. The van der Waals surface area contributed by atoms with Crippen LogP contribution in [-0.4, -0.2) is 47.7 Å². The van der Waals surface area contributed by atoms with Crippen molar-refractivity contribution in [3.8, 4) is 6.01 Å². The molecule has 1 unspecified atom stereocenters. The third-order valence-corrected chi connectivity index (χ3v) is 3.95. The molecule has 5 heteroatoms. The summed E-state index contributed by atoms with van der Waals surface area (Å²) in [6.45, 7) is 7.71. The van der Waals surface area contributed by atoms with Gasteiger partial charge in [0.05, 0.1) is 0 Å². The minimum absolute atomic E-state index is 0.495. The Morgan fingerprint density at radius 2 is 2.30 bits per heavy atom. The maximum atomic E-state index is 5.77. The Balaban J connectivity index is 1.88. The van der Waals surface area contributed by atoms with E-state index >= 15 is 0 Å². The van der Waals surface area contributed by atoms with E-state index < -0.39 is 0 Å². The van der Waals surface area contributed by atoms with Crippen LogP contribution in [0.5, 0.6) is 6.01 Å². The molecule has 0 aliphatic carbocycles. The number of piperidine rings is 1. The van der Waals surface area contributed by atoms with E-state index in [-0.39, 0.29) is 0 Å². The van der Waals surface area contributed by atoms with Gasteiger partial charge in [0.25, 0.3) is 0 Å². The molecule has 1 aromatic heterocycles. The maximum Gasteiger partial charge on any atom is 0.316 e. The molecular formula is C15H26N4O. The molecule has 0 spiro atoms. The van der Waals surface area contributed by atoms with E-state index in [0.29, 0.717) is 18.7 Å². The quantitative estimate of drug-likeness (QED) is 0.859. The van der Waals surface area contributed by atoms with Gasteiger partial charge >= 0.3 is 6.01 Å². The second-order valence-corrected chi connectivity index (χ2v) is 5.48. The van der Waals surface area contributed by atoms with Crippen LogP contribution in [0, 0.1) is 6.92 Å². The highest BCUT2D eigenvalue weighted by atomic mass is 16.5. The summed E-state index contributed by atoms with van der Waals surface area (Å²) >= 11 is 0. The number of rotatable bonds is 6. The van der Waals surface area contributed by atoms with Crippen LogP contribution >= 0.6 is 0 Å². The van der Waals surface area contributed by atoms with Crippen molar-refractivity contribution in [3.05, 3.63) is 17.5 Å². The van der Waals surface area contributed by atoms with Gasteiger partial charge in [0.2, 0.25) is 0 Å². The molecule has 1 aromatic rings. The molecule has 1 aliphatic rings. The van der Waals surface area contributed by atoms with Gasteiger partial charge in [-0.3, -0.25) is 0 Å². The number of ether oxygens (including phenoxy) is 1. The molecule has 0 saturated carbocycles. The van der Waals surface area contributed by atoms with E-state index in [9.17, 15) is 0 Å². The molecule has 1 N–H and O–H groups in total. The second kappa shape index (κ2) is 7.55. The van der Waals surface area contributed by atoms with E-state index in [1.807, 2.05) is 13.1 Å². The lowest BCUT2D eigenvalue weighted by Gasteiger charge is -2.31. The Labute approximate surface area is 121 Å². The van der Waals surface area contributed by atoms with Gasteiger partial charge in [0.15, 0.2) is 0 Å². The zero-order chi connectivity index (χ0) is 14.4. The third kappa shape index (κ3) is 4.15. The Bertz CT molecular complexity index is 424. The van der Waals surface area contributed by atoms with Gasteiger partial charge in [-0.15, -0.1) is 0 Å². The Hall–Kier alpha value is -1.20. The number of aromatic nitrogens is 2. The highest BCUT2D eigenvalue weighted by Gasteiger charge is 2.19. The SMILES string of the molecule is CCNCc1cnc(OCC2CCCCN2C)nc1C. The van der Waals surface area contributed by atoms with Gasteiger partial charge in [-0.05, 0) is 39.9 Å². The minimum atomic E-state index is 0.495. The lowest BCUT2D eigenvalue weighted by atomic mass is 10.0. The summed E-state index contributed by atoms with van der Waals surface area (Å²) in [6.07, 6.45) is 5.65. The molecule has 2 heterocycles. The number of hydrogen-bond donors (Lipinski definition) is 1. The molecule has 1 aliphatic heterocycles. The lowest BCUT2D eigenvalue weighted by Crippen LogP contribution is -2.40. The monoisotopic (exact) mass is 278 g/mol. The Morgan fingerprint density at radius 3 is 3.00 bits per heavy atom. The van der Waals surface area contributed by atoms with Gasteiger partial charge in [-0.1, -0.05) is 13.3 Å². The fourth-order valence-electron chi connectivity index (χ4n) is 2.50. The zero-order valence-electron chi connectivity index (χ0n) is 12.9. The van der Waals surface area contributed by atoms with E-state index in [4.69, 9.17) is 4.74 Å². The topological polar surface area (TPSA) is 50.3 Å². The fourth-order valence-corrected chi connectivity index (χ4v) is 2.50. The van der Waals surface area contributed by atoms with Gasteiger partial charge in [-0.25, -0.2) is 9.97 Å². The molecule has 1 atom stereocenters. The first kappa shape index (κ1) is 15.2.